The fourth-order valence-electron chi connectivity index (χ4n) is 2.55. The molecule has 1 aromatic rings. The summed E-state index contributed by atoms with van der Waals surface area (Å²) in [5, 5.41) is 9.11. The van der Waals surface area contributed by atoms with Gasteiger partial charge in [-0.3, -0.25) is 4.90 Å². The van der Waals surface area contributed by atoms with E-state index in [1.165, 1.54) is 4.90 Å². The second-order valence-electron chi connectivity index (χ2n) is 5.45. The SMILES string of the molecule is Cc1cc(OC2CCN(CC(F)(F)F)CC2)ccc1CO. The monoisotopic (exact) mass is 303 g/mol. The summed E-state index contributed by atoms with van der Waals surface area (Å²) in [4.78, 5) is 1.42. The summed E-state index contributed by atoms with van der Waals surface area (Å²) in [7, 11) is 0. The maximum atomic E-state index is 12.3. The van der Waals surface area contributed by atoms with Gasteiger partial charge in [0.25, 0.3) is 0 Å². The van der Waals surface area contributed by atoms with Gasteiger partial charge in [-0.2, -0.15) is 13.2 Å². The first-order valence-corrected chi connectivity index (χ1v) is 7.03. The van der Waals surface area contributed by atoms with E-state index in [4.69, 9.17) is 9.84 Å². The average molecular weight is 303 g/mol. The maximum Gasteiger partial charge on any atom is 0.401 e. The van der Waals surface area contributed by atoms with Crippen LogP contribution in [0, 0.1) is 6.92 Å². The van der Waals surface area contributed by atoms with Gasteiger partial charge < -0.3 is 9.84 Å². The van der Waals surface area contributed by atoms with E-state index in [-0.39, 0.29) is 12.7 Å². The summed E-state index contributed by atoms with van der Waals surface area (Å²) >= 11 is 0. The summed E-state index contributed by atoms with van der Waals surface area (Å²) < 4.78 is 42.7. The van der Waals surface area contributed by atoms with E-state index in [0.29, 0.717) is 31.7 Å². The van der Waals surface area contributed by atoms with Crippen LogP contribution in [0.2, 0.25) is 0 Å². The molecule has 0 amide bonds. The zero-order chi connectivity index (χ0) is 15.5. The van der Waals surface area contributed by atoms with Crippen molar-refractivity contribution in [3.8, 4) is 5.75 Å². The van der Waals surface area contributed by atoms with Crippen molar-refractivity contribution in [2.45, 2.75) is 38.7 Å². The van der Waals surface area contributed by atoms with Gasteiger partial charge in [-0.25, -0.2) is 0 Å². The van der Waals surface area contributed by atoms with E-state index in [2.05, 4.69) is 0 Å². The molecular weight excluding hydrogens is 283 g/mol. The molecular formula is C15H20F3NO2. The molecule has 1 N–H and O–H groups in total. The molecule has 0 radical (unpaired) electrons. The van der Waals surface area contributed by atoms with Gasteiger partial charge >= 0.3 is 6.18 Å². The van der Waals surface area contributed by atoms with E-state index in [1.54, 1.807) is 6.07 Å². The van der Waals surface area contributed by atoms with Gasteiger partial charge in [0, 0.05) is 13.1 Å². The first-order chi connectivity index (χ1) is 9.87. The molecule has 0 spiro atoms. The molecule has 3 nitrogen and oxygen atoms in total. The van der Waals surface area contributed by atoms with Crippen molar-refractivity contribution < 1.29 is 23.0 Å². The number of aliphatic hydroxyl groups is 1. The molecule has 21 heavy (non-hydrogen) atoms. The molecule has 1 aliphatic heterocycles. The van der Waals surface area contributed by atoms with Crippen LogP contribution in [0.1, 0.15) is 24.0 Å². The highest BCUT2D eigenvalue weighted by atomic mass is 19.4. The number of hydrogen-bond donors (Lipinski definition) is 1. The van der Waals surface area contributed by atoms with Crippen LogP contribution in [-0.2, 0) is 6.61 Å². The van der Waals surface area contributed by atoms with E-state index in [9.17, 15) is 13.2 Å². The Bertz CT molecular complexity index is 468. The molecule has 0 bridgehead atoms. The Morgan fingerprint density at radius 1 is 1.29 bits per heavy atom. The Morgan fingerprint density at radius 3 is 2.48 bits per heavy atom. The van der Waals surface area contributed by atoms with Gasteiger partial charge in [0.1, 0.15) is 11.9 Å². The Labute approximate surface area is 122 Å². The van der Waals surface area contributed by atoms with Gasteiger partial charge in [-0.15, -0.1) is 0 Å². The Hall–Kier alpha value is -1.27. The van der Waals surface area contributed by atoms with Crippen molar-refractivity contribution in [1.82, 2.24) is 4.90 Å². The van der Waals surface area contributed by atoms with Crippen LogP contribution in [0.25, 0.3) is 0 Å². The quantitative estimate of drug-likeness (QED) is 0.928. The van der Waals surface area contributed by atoms with Gasteiger partial charge in [-0.1, -0.05) is 6.07 Å². The van der Waals surface area contributed by atoms with E-state index >= 15 is 0 Å². The Kier molecular flexibility index (Phi) is 5.11. The van der Waals surface area contributed by atoms with Gasteiger partial charge in [-0.05, 0) is 43.0 Å². The van der Waals surface area contributed by atoms with Crippen molar-refractivity contribution in [1.29, 1.82) is 0 Å². The molecule has 0 atom stereocenters. The molecule has 0 unspecified atom stereocenters. The lowest BCUT2D eigenvalue weighted by Gasteiger charge is -2.32. The highest BCUT2D eigenvalue weighted by molar-refractivity contribution is 5.34. The molecule has 1 heterocycles. The fraction of sp³-hybridized carbons (Fsp3) is 0.600. The minimum Gasteiger partial charge on any atom is -0.490 e. The highest BCUT2D eigenvalue weighted by Gasteiger charge is 2.32. The van der Waals surface area contributed by atoms with Gasteiger partial charge in [0.05, 0.1) is 13.2 Å². The maximum absolute atomic E-state index is 12.3. The van der Waals surface area contributed by atoms with Crippen molar-refractivity contribution >= 4 is 0 Å². The number of aliphatic hydroxyl groups excluding tert-OH is 1. The van der Waals surface area contributed by atoms with Gasteiger partial charge in [0.15, 0.2) is 0 Å². The molecule has 0 aliphatic carbocycles. The lowest BCUT2D eigenvalue weighted by atomic mass is 10.1. The second kappa shape index (κ2) is 6.66. The number of benzene rings is 1. The first kappa shape index (κ1) is 16.1. The first-order valence-electron chi connectivity index (χ1n) is 7.03. The van der Waals surface area contributed by atoms with Crippen LogP contribution < -0.4 is 4.74 Å². The third-order valence-corrected chi connectivity index (χ3v) is 3.72. The molecule has 1 aliphatic rings. The largest absolute Gasteiger partial charge is 0.490 e. The van der Waals surface area contributed by atoms with Crippen LogP contribution in [-0.4, -0.2) is 41.9 Å². The predicted molar refractivity (Wildman–Crippen MR) is 73.2 cm³/mol. The van der Waals surface area contributed by atoms with Crippen LogP contribution in [0.3, 0.4) is 0 Å². The minimum absolute atomic E-state index is 0.0120. The van der Waals surface area contributed by atoms with Crippen LogP contribution in [0.15, 0.2) is 18.2 Å². The topological polar surface area (TPSA) is 32.7 Å². The van der Waals surface area contributed by atoms with E-state index < -0.39 is 12.7 Å². The average Bonchev–Trinajstić information content (AvgIpc) is 2.40. The molecule has 1 saturated heterocycles. The molecule has 1 fully saturated rings. The Balaban J connectivity index is 1.85. The third kappa shape index (κ3) is 4.89. The van der Waals surface area contributed by atoms with E-state index in [0.717, 1.165) is 11.1 Å². The highest BCUT2D eigenvalue weighted by Crippen LogP contribution is 2.24. The lowest BCUT2D eigenvalue weighted by molar-refractivity contribution is -0.149. The number of likely N-dealkylation sites (tertiary alicyclic amines) is 1. The molecule has 1 aromatic carbocycles. The molecule has 2 rings (SSSR count). The summed E-state index contributed by atoms with van der Waals surface area (Å²) in [6.07, 6.45) is -2.99. The van der Waals surface area contributed by atoms with Crippen molar-refractivity contribution in [3.05, 3.63) is 29.3 Å². The molecule has 0 saturated carbocycles. The number of rotatable bonds is 4. The number of piperidine rings is 1. The molecule has 118 valence electrons. The summed E-state index contributed by atoms with van der Waals surface area (Å²) in [6.45, 7) is 1.84. The third-order valence-electron chi connectivity index (χ3n) is 3.72. The van der Waals surface area contributed by atoms with Crippen molar-refractivity contribution in [2.75, 3.05) is 19.6 Å². The normalized spacial score (nSPS) is 18.0. The number of hydrogen-bond acceptors (Lipinski definition) is 3. The predicted octanol–water partition coefficient (Wildman–Crippen LogP) is 2.89. The zero-order valence-electron chi connectivity index (χ0n) is 12.0. The smallest absolute Gasteiger partial charge is 0.401 e. The standard InChI is InChI=1S/C15H20F3NO2/c1-11-8-14(3-2-12(11)9-20)21-13-4-6-19(7-5-13)10-15(16,17)18/h2-3,8,13,20H,4-7,9-10H2,1H3. The number of nitrogens with zero attached hydrogens (tertiary/aromatic N) is 1. The zero-order valence-corrected chi connectivity index (χ0v) is 12.0. The van der Waals surface area contributed by atoms with Crippen LogP contribution >= 0.6 is 0 Å². The Morgan fingerprint density at radius 2 is 1.95 bits per heavy atom. The minimum atomic E-state index is -4.13. The van der Waals surface area contributed by atoms with Gasteiger partial charge in [0.2, 0.25) is 0 Å². The lowest BCUT2D eigenvalue weighted by Crippen LogP contribution is -2.42. The summed E-state index contributed by atoms with van der Waals surface area (Å²) in [5.41, 5.74) is 1.80. The van der Waals surface area contributed by atoms with Crippen molar-refractivity contribution in [2.24, 2.45) is 0 Å². The van der Waals surface area contributed by atoms with Crippen LogP contribution in [0.5, 0.6) is 5.75 Å². The number of alkyl halides is 3. The number of ether oxygens (including phenoxy) is 1. The molecule has 0 aromatic heterocycles. The van der Waals surface area contributed by atoms with Crippen molar-refractivity contribution in [3.63, 3.8) is 0 Å². The van der Waals surface area contributed by atoms with Crippen LogP contribution in [0.4, 0.5) is 13.2 Å². The fourth-order valence-corrected chi connectivity index (χ4v) is 2.55. The summed E-state index contributed by atoms with van der Waals surface area (Å²) in [5.74, 6) is 0.707. The number of aryl methyl sites for hydroxylation is 1. The molecule has 6 heteroatoms. The van der Waals surface area contributed by atoms with E-state index in [1.807, 2.05) is 19.1 Å². The second-order valence-corrected chi connectivity index (χ2v) is 5.45. The number of halogens is 3. The summed E-state index contributed by atoms with van der Waals surface area (Å²) in [6, 6.07) is 5.46.